The molecule has 0 radical (unpaired) electrons. The van der Waals surface area contributed by atoms with Gasteiger partial charge < -0.3 is 15.1 Å². The minimum absolute atomic E-state index is 0.00676. The van der Waals surface area contributed by atoms with Gasteiger partial charge in [-0.3, -0.25) is 4.79 Å². The van der Waals surface area contributed by atoms with Crippen LogP contribution in [0.15, 0.2) is 10.6 Å². The van der Waals surface area contributed by atoms with Crippen molar-refractivity contribution in [3.63, 3.8) is 0 Å². The number of carbonyl (C=O) groups excluding carboxylic acids is 1. The van der Waals surface area contributed by atoms with Gasteiger partial charge in [0, 0.05) is 13.0 Å². The maximum atomic E-state index is 11.4. The third-order valence-electron chi connectivity index (χ3n) is 1.99. The van der Waals surface area contributed by atoms with E-state index in [0.717, 1.165) is 5.76 Å². The Morgan fingerprint density at radius 1 is 1.67 bits per heavy atom. The molecule has 1 unspecified atom stereocenters. The van der Waals surface area contributed by atoms with Crippen LogP contribution < -0.4 is 10.6 Å². The van der Waals surface area contributed by atoms with Crippen LogP contribution >= 0.6 is 0 Å². The van der Waals surface area contributed by atoms with E-state index in [1.165, 1.54) is 0 Å². The van der Waals surface area contributed by atoms with Gasteiger partial charge in [0.1, 0.15) is 11.8 Å². The van der Waals surface area contributed by atoms with E-state index < -0.39 is 0 Å². The molecule has 5 nitrogen and oxygen atoms in total. The van der Waals surface area contributed by atoms with Crippen LogP contribution in [0.25, 0.3) is 0 Å². The molecule has 0 fully saturated rings. The predicted octanol–water partition coefficient (Wildman–Crippen LogP) is 0.770. The summed E-state index contributed by atoms with van der Waals surface area (Å²) < 4.78 is 5.31. The topological polar surface area (TPSA) is 67.2 Å². The third kappa shape index (κ3) is 3.71. The van der Waals surface area contributed by atoms with Crippen LogP contribution in [0.3, 0.4) is 0 Å². The molecule has 2 N–H and O–H groups in total. The van der Waals surface area contributed by atoms with Crippen LogP contribution in [0.4, 0.5) is 0 Å². The van der Waals surface area contributed by atoms with Crippen molar-refractivity contribution in [2.24, 2.45) is 0 Å². The summed E-state index contributed by atoms with van der Waals surface area (Å²) in [5, 5.41) is 5.72. The van der Waals surface area contributed by atoms with Crippen LogP contribution in [-0.2, 0) is 4.79 Å². The Morgan fingerprint density at radius 3 is 2.93 bits per heavy atom. The maximum Gasteiger partial charge on any atom is 0.221 e. The average molecular weight is 211 g/mol. The fourth-order valence-electron chi connectivity index (χ4n) is 1.19. The van der Waals surface area contributed by atoms with Crippen molar-refractivity contribution in [2.75, 3.05) is 13.6 Å². The first-order valence-corrected chi connectivity index (χ1v) is 4.99. The van der Waals surface area contributed by atoms with Crippen LogP contribution in [0.2, 0.25) is 0 Å². The fourth-order valence-corrected chi connectivity index (χ4v) is 1.19. The van der Waals surface area contributed by atoms with Gasteiger partial charge in [0.2, 0.25) is 11.8 Å². The quantitative estimate of drug-likeness (QED) is 0.755. The molecule has 0 saturated heterocycles. The van der Waals surface area contributed by atoms with Crippen molar-refractivity contribution < 1.29 is 9.21 Å². The number of nitrogens with zero attached hydrogens (tertiary/aromatic N) is 1. The molecule has 0 aliphatic carbocycles. The van der Waals surface area contributed by atoms with Gasteiger partial charge in [0.15, 0.2) is 0 Å². The molecule has 0 aliphatic heterocycles. The van der Waals surface area contributed by atoms with E-state index in [1.807, 2.05) is 20.9 Å². The van der Waals surface area contributed by atoms with Crippen LogP contribution in [-0.4, -0.2) is 24.5 Å². The van der Waals surface area contributed by atoms with Crippen LogP contribution in [0.5, 0.6) is 0 Å². The number of hydrogen-bond donors (Lipinski definition) is 2. The Morgan fingerprint density at radius 2 is 2.40 bits per heavy atom. The minimum Gasteiger partial charge on any atom is -0.444 e. The molecule has 1 atom stereocenters. The van der Waals surface area contributed by atoms with E-state index in [9.17, 15) is 4.79 Å². The fraction of sp³-hybridized carbons (Fsp3) is 0.600. The molecule has 15 heavy (non-hydrogen) atoms. The molecule has 5 heteroatoms. The van der Waals surface area contributed by atoms with E-state index in [4.69, 9.17) is 4.42 Å². The lowest BCUT2D eigenvalue weighted by atomic mass is 10.3. The van der Waals surface area contributed by atoms with Gasteiger partial charge in [0.05, 0.1) is 6.20 Å². The van der Waals surface area contributed by atoms with Crippen molar-refractivity contribution in [3.8, 4) is 0 Å². The smallest absolute Gasteiger partial charge is 0.221 e. The standard InChI is InChI=1S/C10H17N3O2/c1-7-6-12-10(15-7)8(2)13-9(14)4-5-11-3/h6,8,11H,4-5H2,1-3H3,(H,13,14). The van der Waals surface area contributed by atoms with E-state index in [-0.39, 0.29) is 11.9 Å². The zero-order chi connectivity index (χ0) is 11.3. The molecule has 0 bridgehead atoms. The van der Waals surface area contributed by atoms with Gasteiger partial charge in [-0.15, -0.1) is 0 Å². The number of amides is 1. The highest BCUT2D eigenvalue weighted by atomic mass is 16.4. The van der Waals surface area contributed by atoms with Crippen LogP contribution in [0, 0.1) is 6.92 Å². The number of rotatable bonds is 5. The van der Waals surface area contributed by atoms with Gasteiger partial charge in [-0.25, -0.2) is 4.98 Å². The largest absolute Gasteiger partial charge is 0.444 e. The second kappa shape index (κ2) is 5.50. The highest BCUT2D eigenvalue weighted by molar-refractivity contribution is 5.76. The molecule has 1 rings (SSSR count). The first kappa shape index (κ1) is 11.7. The Balaban J connectivity index is 2.41. The summed E-state index contributed by atoms with van der Waals surface area (Å²) >= 11 is 0. The summed E-state index contributed by atoms with van der Waals surface area (Å²) in [6.45, 7) is 4.34. The maximum absolute atomic E-state index is 11.4. The van der Waals surface area contributed by atoms with E-state index in [2.05, 4.69) is 15.6 Å². The monoisotopic (exact) mass is 211 g/mol. The van der Waals surface area contributed by atoms with Crippen molar-refractivity contribution >= 4 is 5.91 Å². The number of aryl methyl sites for hydroxylation is 1. The first-order valence-electron chi connectivity index (χ1n) is 4.99. The van der Waals surface area contributed by atoms with Crippen molar-refractivity contribution in [2.45, 2.75) is 26.3 Å². The molecule has 0 saturated carbocycles. The first-order chi connectivity index (χ1) is 7.13. The van der Waals surface area contributed by atoms with E-state index in [1.54, 1.807) is 6.20 Å². The van der Waals surface area contributed by atoms with E-state index in [0.29, 0.717) is 18.9 Å². The summed E-state index contributed by atoms with van der Waals surface area (Å²) in [6.07, 6.45) is 2.10. The lowest BCUT2D eigenvalue weighted by Gasteiger charge is -2.09. The Bertz CT molecular complexity index is 322. The van der Waals surface area contributed by atoms with Gasteiger partial charge in [-0.05, 0) is 20.9 Å². The number of hydrogen-bond acceptors (Lipinski definition) is 4. The highest BCUT2D eigenvalue weighted by Crippen LogP contribution is 2.11. The zero-order valence-electron chi connectivity index (χ0n) is 9.33. The molecule has 0 spiro atoms. The minimum atomic E-state index is -0.178. The molecular weight excluding hydrogens is 194 g/mol. The second-order valence-electron chi connectivity index (χ2n) is 3.45. The van der Waals surface area contributed by atoms with Gasteiger partial charge in [-0.1, -0.05) is 0 Å². The van der Waals surface area contributed by atoms with Gasteiger partial charge >= 0.3 is 0 Å². The number of oxazole rings is 1. The molecule has 1 aromatic heterocycles. The molecule has 0 aliphatic rings. The number of aromatic nitrogens is 1. The summed E-state index contributed by atoms with van der Waals surface area (Å²) in [4.78, 5) is 15.4. The lowest BCUT2D eigenvalue weighted by Crippen LogP contribution is -2.29. The van der Waals surface area contributed by atoms with Crippen molar-refractivity contribution in [3.05, 3.63) is 17.8 Å². The highest BCUT2D eigenvalue weighted by Gasteiger charge is 2.13. The summed E-state index contributed by atoms with van der Waals surface area (Å²) in [5.41, 5.74) is 0. The predicted molar refractivity (Wildman–Crippen MR) is 56.3 cm³/mol. The van der Waals surface area contributed by atoms with Crippen molar-refractivity contribution in [1.82, 2.24) is 15.6 Å². The SMILES string of the molecule is CNCCC(=O)NC(C)c1ncc(C)o1. The lowest BCUT2D eigenvalue weighted by molar-refractivity contribution is -0.121. The Hall–Kier alpha value is -1.36. The summed E-state index contributed by atoms with van der Waals surface area (Å²) in [5.74, 6) is 1.29. The van der Waals surface area contributed by atoms with Crippen molar-refractivity contribution in [1.29, 1.82) is 0 Å². The summed E-state index contributed by atoms with van der Waals surface area (Å²) in [6, 6.07) is -0.178. The molecule has 1 aromatic rings. The zero-order valence-corrected chi connectivity index (χ0v) is 9.33. The Kier molecular flexibility index (Phi) is 4.30. The van der Waals surface area contributed by atoms with E-state index >= 15 is 0 Å². The summed E-state index contributed by atoms with van der Waals surface area (Å²) in [7, 11) is 1.81. The molecule has 84 valence electrons. The molecular formula is C10H17N3O2. The molecule has 0 aromatic carbocycles. The third-order valence-corrected chi connectivity index (χ3v) is 1.99. The van der Waals surface area contributed by atoms with Crippen LogP contribution in [0.1, 0.15) is 31.0 Å². The van der Waals surface area contributed by atoms with Gasteiger partial charge in [-0.2, -0.15) is 0 Å². The number of nitrogens with one attached hydrogen (secondary N) is 2. The average Bonchev–Trinajstić information content (AvgIpc) is 2.61. The molecule has 1 amide bonds. The normalized spacial score (nSPS) is 12.5. The second-order valence-corrected chi connectivity index (χ2v) is 3.45. The number of carbonyl (C=O) groups is 1. The Labute approximate surface area is 89.3 Å². The van der Waals surface area contributed by atoms with Gasteiger partial charge in [0.25, 0.3) is 0 Å². The molecule has 1 heterocycles.